The lowest BCUT2D eigenvalue weighted by Crippen LogP contribution is -2.03. The van der Waals surface area contributed by atoms with Gasteiger partial charge in [-0.25, -0.2) is 4.39 Å². The molecule has 0 aliphatic carbocycles. The topological polar surface area (TPSA) is 29.9 Å². The lowest BCUT2D eigenvalue weighted by Gasteiger charge is -2.06. The van der Waals surface area contributed by atoms with E-state index in [0.717, 1.165) is 37.0 Å². The summed E-state index contributed by atoms with van der Waals surface area (Å²) in [5, 5.41) is 0. The van der Waals surface area contributed by atoms with Gasteiger partial charge < -0.3 is 14.3 Å². The van der Waals surface area contributed by atoms with Crippen LogP contribution < -0.4 is 0 Å². The van der Waals surface area contributed by atoms with Crippen molar-refractivity contribution >= 4 is 39.2 Å². The lowest BCUT2D eigenvalue weighted by atomic mass is 10.3. The number of nitrogens with zero attached hydrogens (tertiary/aromatic N) is 1. The van der Waals surface area contributed by atoms with Crippen molar-refractivity contribution < 1.29 is 9.13 Å². The number of halogens is 2. The molecule has 0 saturated heterocycles. The maximum atomic E-state index is 13.5. The van der Waals surface area contributed by atoms with Crippen LogP contribution in [0.2, 0.25) is 0 Å². The van der Waals surface area contributed by atoms with Gasteiger partial charge in [0.15, 0.2) is 4.77 Å². The highest BCUT2D eigenvalue weighted by molar-refractivity contribution is 9.10. The highest BCUT2D eigenvalue weighted by Gasteiger charge is 2.08. The number of imidazole rings is 1. The van der Waals surface area contributed by atoms with E-state index in [1.807, 2.05) is 4.57 Å². The number of hydrogen-bond acceptors (Lipinski definition) is 2. The molecule has 6 heteroatoms. The molecule has 1 N–H and O–H groups in total. The highest BCUT2D eigenvalue weighted by atomic mass is 79.9. The Morgan fingerprint density at radius 2 is 2.21 bits per heavy atom. The van der Waals surface area contributed by atoms with Crippen LogP contribution in [0, 0.1) is 10.6 Å². The first-order valence-corrected chi connectivity index (χ1v) is 7.49. The van der Waals surface area contributed by atoms with Gasteiger partial charge in [0.05, 0.1) is 15.5 Å². The number of benzene rings is 1. The molecule has 0 fully saturated rings. The quantitative estimate of drug-likeness (QED) is 0.619. The molecule has 0 spiro atoms. The molecule has 1 aromatic carbocycles. The summed E-state index contributed by atoms with van der Waals surface area (Å²) in [6, 6.07) is 3.21. The Morgan fingerprint density at radius 3 is 2.95 bits per heavy atom. The third-order valence-electron chi connectivity index (χ3n) is 2.84. The van der Waals surface area contributed by atoms with Crippen LogP contribution in [0.5, 0.6) is 0 Å². The van der Waals surface area contributed by atoms with Crippen molar-refractivity contribution in [3.05, 3.63) is 27.2 Å². The fourth-order valence-electron chi connectivity index (χ4n) is 1.94. The molecule has 0 amide bonds. The van der Waals surface area contributed by atoms with E-state index in [0.29, 0.717) is 15.9 Å². The zero-order valence-corrected chi connectivity index (χ0v) is 13.1. The number of fused-ring (bicyclic) bond motifs is 1. The van der Waals surface area contributed by atoms with E-state index in [1.54, 1.807) is 6.07 Å². The van der Waals surface area contributed by atoms with Crippen molar-refractivity contribution in [2.45, 2.75) is 26.3 Å². The molecular weight excluding hydrogens is 331 g/mol. The molecule has 1 aromatic heterocycles. The van der Waals surface area contributed by atoms with Crippen LogP contribution in [0.15, 0.2) is 16.6 Å². The zero-order chi connectivity index (χ0) is 13.8. The molecule has 0 aliphatic heterocycles. The first-order valence-electron chi connectivity index (χ1n) is 6.28. The average molecular weight is 347 g/mol. The van der Waals surface area contributed by atoms with Gasteiger partial charge >= 0.3 is 0 Å². The first-order chi connectivity index (χ1) is 9.13. The smallest absolute Gasteiger partial charge is 0.178 e. The molecule has 0 bridgehead atoms. The van der Waals surface area contributed by atoms with Gasteiger partial charge in [-0.3, -0.25) is 0 Å². The molecule has 0 radical (unpaired) electrons. The number of ether oxygens (including phenoxy) is 1. The Balaban J connectivity index is 2.16. The number of aromatic nitrogens is 2. The van der Waals surface area contributed by atoms with E-state index in [-0.39, 0.29) is 5.82 Å². The number of aromatic amines is 1. The number of H-pyrrole nitrogens is 1. The summed E-state index contributed by atoms with van der Waals surface area (Å²) in [6.45, 7) is 4.35. The van der Waals surface area contributed by atoms with Gasteiger partial charge in [0.1, 0.15) is 5.82 Å². The van der Waals surface area contributed by atoms with Crippen molar-refractivity contribution in [1.29, 1.82) is 0 Å². The predicted molar refractivity (Wildman–Crippen MR) is 80.5 cm³/mol. The predicted octanol–water partition coefficient (Wildman–Crippen LogP) is 4.42. The van der Waals surface area contributed by atoms with Gasteiger partial charge in [-0.1, -0.05) is 6.92 Å². The second-order valence-corrected chi connectivity index (χ2v) is 5.57. The molecule has 0 atom stereocenters. The van der Waals surface area contributed by atoms with E-state index in [9.17, 15) is 4.39 Å². The van der Waals surface area contributed by atoms with Crippen LogP contribution in [-0.4, -0.2) is 22.8 Å². The maximum Gasteiger partial charge on any atom is 0.178 e. The van der Waals surface area contributed by atoms with Crippen LogP contribution in [0.25, 0.3) is 11.0 Å². The Hall–Kier alpha value is -0.720. The van der Waals surface area contributed by atoms with E-state index in [1.165, 1.54) is 6.07 Å². The molecular formula is C13H16BrFN2OS. The summed E-state index contributed by atoms with van der Waals surface area (Å²) in [4.78, 5) is 3.02. The second kappa shape index (κ2) is 6.63. The summed E-state index contributed by atoms with van der Waals surface area (Å²) in [6.07, 6.45) is 1.91. The van der Waals surface area contributed by atoms with Gasteiger partial charge in [-0.15, -0.1) is 0 Å². The summed E-state index contributed by atoms with van der Waals surface area (Å²) < 4.78 is 21.9. The lowest BCUT2D eigenvalue weighted by molar-refractivity contribution is 0.129. The van der Waals surface area contributed by atoms with E-state index >= 15 is 0 Å². The third kappa shape index (κ3) is 3.43. The molecule has 0 saturated carbocycles. The first kappa shape index (κ1) is 14.7. The average Bonchev–Trinajstić information content (AvgIpc) is 2.66. The third-order valence-corrected chi connectivity index (χ3v) is 3.77. The number of aryl methyl sites for hydroxylation is 1. The fraction of sp³-hybridized carbons (Fsp3) is 0.462. The highest BCUT2D eigenvalue weighted by Crippen LogP contribution is 2.23. The van der Waals surface area contributed by atoms with E-state index in [2.05, 4.69) is 27.8 Å². The summed E-state index contributed by atoms with van der Waals surface area (Å²) in [7, 11) is 0. The molecule has 3 nitrogen and oxygen atoms in total. The van der Waals surface area contributed by atoms with Gasteiger partial charge in [-0.2, -0.15) is 0 Å². The standard InChI is InChI=1S/C13H16BrFN2OS/c1-2-5-18-6-3-4-17-12-7-9(14)10(15)8-11(12)16-13(17)19/h7-8H,2-6H2,1H3,(H,16,19). The molecule has 2 rings (SSSR count). The van der Waals surface area contributed by atoms with Crippen molar-refractivity contribution in [2.24, 2.45) is 0 Å². The monoisotopic (exact) mass is 346 g/mol. The zero-order valence-electron chi connectivity index (χ0n) is 10.7. The van der Waals surface area contributed by atoms with E-state index in [4.69, 9.17) is 17.0 Å². The van der Waals surface area contributed by atoms with Crippen molar-refractivity contribution in [3.63, 3.8) is 0 Å². The van der Waals surface area contributed by atoms with Crippen LogP contribution in [-0.2, 0) is 11.3 Å². The van der Waals surface area contributed by atoms with Gasteiger partial charge in [0.2, 0.25) is 0 Å². The fourth-order valence-corrected chi connectivity index (χ4v) is 2.58. The second-order valence-electron chi connectivity index (χ2n) is 4.33. The minimum Gasteiger partial charge on any atom is -0.381 e. The Morgan fingerprint density at radius 1 is 1.42 bits per heavy atom. The Kier molecular flexibility index (Phi) is 5.13. The summed E-state index contributed by atoms with van der Waals surface area (Å²) in [5.74, 6) is -0.290. The van der Waals surface area contributed by atoms with Crippen LogP contribution in [0.4, 0.5) is 4.39 Å². The molecule has 19 heavy (non-hydrogen) atoms. The molecule has 104 valence electrons. The van der Waals surface area contributed by atoms with Crippen molar-refractivity contribution in [2.75, 3.05) is 13.2 Å². The van der Waals surface area contributed by atoms with Crippen LogP contribution in [0.1, 0.15) is 19.8 Å². The minimum atomic E-state index is -0.290. The normalized spacial score (nSPS) is 11.3. The Labute approximate surface area is 124 Å². The minimum absolute atomic E-state index is 0.290. The molecule has 2 aromatic rings. The molecule has 0 unspecified atom stereocenters. The number of hydrogen-bond donors (Lipinski definition) is 1. The Bertz CT molecular complexity index is 623. The molecule has 1 heterocycles. The van der Waals surface area contributed by atoms with E-state index < -0.39 is 0 Å². The van der Waals surface area contributed by atoms with Crippen molar-refractivity contribution in [3.8, 4) is 0 Å². The summed E-state index contributed by atoms with van der Waals surface area (Å²) in [5.41, 5.74) is 1.63. The number of nitrogens with one attached hydrogen (secondary N) is 1. The van der Waals surface area contributed by atoms with Gasteiger partial charge in [0, 0.05) is 25.8 Å². The van der Waals surface area contributed by atoms with Gasteiger partial charge in [0.25, 0.3) is 0 Å². The summed E-state index contributed by atoms with van der Waals surface area (Å²) >= 11 is 8.47. The van der Waals surface area contributed by atoms with Crippen LogP contribution in [0.3, 0.4) is 0 Å². The number of rotatable bonds is 6. The SMILES string of the molecule is CCCOCCCn1c(=S)[nH]c2cc(F)c(Br)cc21. The van der Waals surface area contributed by atoms with Crippen LogP contribution >= 0.6 is 28.1 Å². The van der Waals surface area contributed by atoms with Gasteiger partial charge in [-0.05, 0) is 47.1 Å². The largest absolute Gasteiger partial charge is 0.381 e. The maximum absolute atomic E-state index is 13.5. The molecule has 0 aliphatic rings. The van der Waals surface area contributed by atoms with Crippen molar-refractivity contribution in [1.82, 2.24) is 9.55 Å².